The number of alkyl halides is 2. The average Bonchev–Trinajstić information content (AvgIpc) is 2.62. The summed E-state index contributed by atoms with van der Waals surface area (Å²) in [5, 5.41) is 6.42. The molecule has 1 aromatic carbocycles. The maximum Gasteiger partial charge on any atom is 0.387 e. The largest absolute Gasteiger partial charge is 0.493 e. The van der Waals surface area contributed by atoms with Gasteiger partial charge in [-0.25, -0.2) is 0 Å². The van der Waals surface area contributed by atoms with Crippen LogP contribution in [0.1, 0.15) is 25.3 Å². The fourth-order valence-corrected chi connectivity index (χ4v) is 2.29. The highest BCUT2D eigenvalue weighted by atomic mass is 19.3. The summed E-state index contributed by atoms with van der Waals surface area (Å²) in [5.74, 6) is 1.03. The van der Waals surface area contributed by atoms with Crippen LogP contribution in [0.25, 0.3) is 0 Å². The molecule has 1 aromatic rings. The number of methoxy groups -OCH3 is 1. The monoisotopic (exact) mass is 373 g/mol. The molecule has 1 rings (SSSR count). The van der Waals surface area contributed by atoms with Gasteiger partial charge in [-0.05, 0) is 43.9 Å². The molecular weight excluding hydrogens is 344 g/mol. The van der Waals surface area contributed by atoms with Crippen LogP contribution in [0.2, 0.25) is 0 Å². The lowest BCUT2D eigenvalue weighted by Gasteiger charge is -2.13. The topological polar surface area (TPSA) is 64.1 Å². The highest BCUT2D eigenvalue weighted by Crippen LogP contribution is 2.29. The highest BCUT2D eigenvalue weighted by Gasteiger charge is 2.11. The summed E-state index contributed by atoms with van der Waals surface area (Å²) in [6.45, 7) is 2.02. The lowest BCUT2D eigenvalue weighted by atomic mass is 10.1. The summed E-state index contributed by atoms with van der Waals surface area (Å²) in [7, 11) is 3.12. The molecule has 0 bridgehead atoms. The van der Waals surface area contributed by atoms with Crippen LogP contribution in [-0.4, -0.2) is 53.0 Å². The van der Waals surface area contributed by atoms with Crippen LogP contribution in [0, 0.1) is 0 Å². The minimum atomic E-state index is -2.89. The number of guanidine groups is 1. The fourth-order valence-electron chi connectivity index (χ4n) is 2.29. The van der Waals surface area contributed by atoms with Gasteiger partial charge in [0.05, 0.1) is 7.11 Å². The Kier molecular flexibility index (Phi) is 11.1. The van der Waals surface area contributed by atoms with E-state index < -0.39 is 6.61 Å². The number of unbranched alkanes of at least 4 members (excludes halogenated alkanes) is 1. The number of hydrogen-bond acceptors (Lipinski definition) is 4. The predicted molar refractivity (Wildman–Crippen MR) is 98.4 cm³/mol. The SMILES string of the molecule is CCOCCCCNC(=NC)NCCc1ccc(OC)c(OC(F)F)c1. The molecule has 0 radical (unpaired) electrons. The molecule has 0 fully saturated rings. The van der Waals surface area contributed by atoms with Gasteiger partial charge in [0.1, 0.15) is 0 Å². The molecule has 148 valence electrons. The molecular formula is C18H29F2N3O3. The maximum absolute atomic E-state index is 12.5. The molecule has 26 heavy (non-hydrogen) atoms. The molecule has 0 amide bonds. The van der Waals surface area contributed by atoms with E-state index in [4.69, 9.17) is 9.47 Å². The third kappa shape index (κ3) is 8.84. The summed E-state index contributed by atoms with van der Waals surface area (Å²) >= 11 is 0. The van der Waals surface area contributed by atoms with Gasteiger partial charge in [-0.15, -0.1) is 0 Å². The van der Waals surface area contributed by atoms with Gasteiger partial charge in [0.2, 0.25) is 0 Å². The molecule has 0 aliphatic heterocycles. The molecule has 0 heterocycles. The number of aliphatic imine (C=N–C) groups is 1. The number of halogens is 2. The Morgan fingerprint density at radius 2 is 1.92 bits per heavy atom. The first-order chi connectivity index (χ1) is 12.6. The molecule has 0 saturated carbocycles. The summed E-state index contributed by atoms with van der Waals surface area (Å²) < 4.78 is 39.7. The zero-order chi connectivity index (χ0) is 19.2. The number of benzene rings is 1. The van der Waals surface area contributed by atoms with Crippen molar-refractivity contribution in [3.63, 3.8) is 0 Å². The van der Waals surface area contributed by atoms with Crippen molar-refractivity contribution in [1.29, 1.82) is 0 Å². The standard InChI is InChI=1S/C18H29F2N3O3/c1-4-25-12-6-5-10-22-18(21-2)23-11-9-14-7-8-15(24-3)16(13-14)26-17(19)20/h7-8,13,17H,4-6,9-12H2,1-3H3,(H2,21,22,23). The zero-order valence-corrected chi connectivity index (χ0v) is 15.7. The Labute approximate surface area is 153 Å². The van der Waals surface area contributed by atoms with Crippen LogP contribution in [0.4, 0.5) is 8.78 Å². The van der Waals surface area contributed by atoms with Crippen molar-refractivity contribution in [2.75, 3.05) is 40.5 Å². The van der Waals surface area contributed by atoms with Gasteiger partial charge in [0, 0.05) is 33.4 Å². The molecule has 0 aromatic heterocycles. The highest BCUT2D eigenvalue weighted by molar-refractivity contribution is 5.79. The van der Waals surface area contributed by atoms with Gasteiger partial charge in [-0.1, -0.05) is 6.07 Å². The van der Waals surface area contributed by atoms with Crippen LogP contribution in [-0.2, 0) is 11.2 Å². The molecule has 0 unspecified atom stereocenters. The van der Waals surface area contributed by atoms with Gasteiger partial charge < -0.3 is 24.8 Å². The van der Waals surface area contributed by atoms with E-state index in [9.17, 15) is 8.78 Å². The van der Waals surface area contributed by atoms with E-state index in [0.29, 0.717) is 18.9 Å². The van der Waals surface area contributed by atoms with Crippen LogP contribution in [0.15, 0.2) is 23.2 Å². The minimum absolute atomic E-state index is 0.0387. The van der Waals surface area contributed by atoms with Crippen molar-refractivity contribution in [2.45, 2.75) is 32.8 Å². The maximum atomic E-state index is 12.5. The zero-order valence-electron chi connectivity index (χ0n) is 15.7. The van der Waals surface area contributed by atoms with Crippen molar-refractivity contribution < 1.29 is 23.0 Å². The third-order valence-corrected chi connectivity index (χ3v) is 3.59. The van der Waals surface area contributed by atoms with Gasteiger partial charge in [0.15, 0.2) is 17.5 Å². The molecule has 2 N–H and O–H groups in total. The molecule has 0 saturated heterocycles. The molecule has 8 heteroatoms. The summed E-state index contributed by atoms with van der Waals surface area (Å²) in [4.78, 5) is 4.16. The Hall–Kier alpha value is -2.09. The van der Waals surface area contributed by atoms with E-state index in [1.807, 2.05) is 13.0 Å². The molecule has 6 nitrogen and oxygen atoms in total. The van der Waals surface area contributed by atoms with Crippen molar-refractivity contribution in [3.05, 3.63) is 23.8 Å². The number of nitrogens with zero attached hydrogens (tertiary/aromatic N) is 1. The van der Waals surface area contributed by atoms with Crippen molar-refractivity contribution in [1.82, 2.24) is 10.6 Å². The van der Waals surface area contributed by atoms with Crippen molar-refractivity contribution in [2.24, 2.45) is 4.99 Å². The summed E-state index contributed by atoms with van der Waals surface area (Å²) in [6.07, 6.45) is 2.62. The summed E-state index contributed by atoms with van der Waals surface area (Å²) in [6, 6.07) is 5.01. The van der Waals surface area contributed by atoms with Crippen LogP contribution in [0.5, 0.6) is 11.5 Å². The first kappa shape index (κ1) is 22.0. The normalized spacial score (nSPS) is 11.5. The van der Waals surface area contributed by atoms with E-state index in [2.05, 4.69) is 20.4 Å². The number of ether oxygens (including phenoxy) is 3. The Morgan fingerprint density at radius 1 is 1.15 bits per heavy atom. The van der Waals surface area contributed by atoms with Gasteiger partial charge >= 0.3 is 6.61 Å². The van der Waals surface area contributed by atoms with Gasteiger partial charge in [-0.2, -0.15) is 8.78 Å². The molecule has 0 aliphatic carbocycles. The second kappa shape index (κ2) is 13.2. The Bertz CT molecular complexity index is 542. The quantitative estimate of drug-likeness (QED) is 0.335. The fraction of sp³-hybridized carbons (Fsp3) is 0.611. The van der Waals surface area contributed by atoms with Crippen molar-refractivity contribution >= 4 is 5.96 Å². The minimum Gasteiger partial charge on any atom is -0.493 e. The van der Waals surface area contributed by atoms with E-state index in [1.165, 1.54) is 7.11 Å². The third-order valence-electron chi connectivity index (χ3n) is 3.59. The number of hydrogen-bond donors (Lipinski definition) is 2. The second-order valence-electron chi connectivity index (χ2n) is 5.44. The Balaban J connectivity index is 2.38. The second-order valence-corrected chi connectivity index (χ2v) is 5.44. The van der Waals surface area contributed by atoms with Crippen LogP contribution < -0.4 is 20.1 Å². The number of nitrogens with one attached hydrogen (secondary N) is 2. The van der Waals surface area contributed by atoms with Crippen LogP contribution >= 0.6 is 0 Å². The summed E-state index contributed by atoms with van der Waals surface area (Å²) in [5.41, 5.74) is 0.862. The van der Waals surface area contributed by atoms with E-state index >= 15 is 0 Å². The molecule has 0 spiro atoms. The lowest BCUT2D eigenvalue weighted by molar-refractivity contribution is -0.0512. The van der Waals surface area contributed by atoms with Gasteiger partial charge in [0.25, 0.3) is 0 Å². The van der Waals surface area contributed by atoms with Crippen LogP contribution in [0.3, 0.4) is 0 Å². The van der Waals surface area contributed by atoms with E-state index in [-0.39, 0.29) is 11.5 Å². The van der Waals surface area contributed by atoms with E-state index in [0.717, 1.165) is 38.2 Å². The molecule has 0 aliphatic rings. The lowest BCUT2D eigenvalue weighted by Crippen LogP contribution is -2.38. The van der Waals surface area contributed by atoms with Gasteiger partial charge in [-0.3, -0.25) is 4.99 Å². The first-order valence-corrected chi connectivity index (χ1v) is 8.74. The smallest absolute Gasteiger partial charge is 0.387 e. The first-order valence-electron chi connectivity index (χ1n) is 8.74. The predicted octanol–water partition coefficient (Wildman–Crippen LogP) is 2.82. The Morgan fingerprint density at radius 3 is 2.58 bits per heavy atom. The average molecular weight is 373 g/mol. The van der Waals surface area contributed by atoms with E-state index in [1.54, 1.807) is 19.2 Å². The molecule has 0 atom stereocenters. The van der Waals surface area contributed by atoms with Crippen molar-refractivity contribution in [3.8, 4) is 11.5 Å². The number of rotatable bonds is 12.